The summed E-state index contributed by atoms with van der Waals surface area (Å²) in [5.41, 5.74) is 4.47. The van der Waals surface area contributed by atoms with E-state index >= 15 is 0 Å². The third-order valence-electron chi connectivity index (χ3n) is 3.42. The van der Waals surface area contributed by atoms with Gasteiger partial charge in [0.25, 0.3) is 0 Å². The molecule has 0 bridgehead atoms. The molecule has 0 aromatic carbocycles. The molecule has 5 heteroatoms. The number of aromatic nitrogens is 3. The zero-order chi connectivity index (χ0) is 12.1. The van der Waals surface area contributed by atoms with E-state index in [4.69, 9.17) is 17.2 Å². The summed E-state index contributed by atoms with van der Waals surface area (Å²) in [7, 11) is 0. The van der Waals surface area contributed by atoms with Crippen LogP contribution >= 0.6 is 23.6 Å². The molecule has 3 aromatic rings. The molecule has 1 N–H and O–H groups in total. The highest BCUT2D eigenvalue weighted by atomic mass is 32.1. The molecule has 0 aliphatic heterocycles. The first-order valence-corrected chi connectivity index (χ1v) is 7.29. The lowest BCUT2D eigenvalue weighted by molar-refractivity contribution is 0.896. The molecule has 0 saturated heterocycles. The lowest BCUT2D eigenvalue weighted by atomic mass is 10.3. The molecule has 1 aliphatic carbocycles. The van der Waals surface area contributed by atoms with Crippen LogP contribution < -0.4 is 0 Å². The summed E-state index contributed by atoms with van der Waals surface area (Å²) in [6.07, 6.45) is 3.31. The lowest BCUT2D eigenvalue weighted by Gasteiger charge is -2.00. The van der Waals surface area contributed by atoms with Crippen LogP contribution in [0.3, 0.4) is 0 Å². The topological polar surface area (TPSA) is 33.1 Å². The highest BCUT2D eigenvalue weighted by Gasteiger charge is 2.17. The van der Waals surface area contributed by atoms with Gasteiger partial charge in [0, 0.05) is 17.3 Å². The van der Waals surface area contributed by atoms with Crippen LogP contribution in [0.25, 0.3) is 16.2 Å². The summed E-state index contributed by atoms with van der Waals surface area (Å²) in [4.78, 5) is 5.93. The Morgan fingerprint density at radius 3 is 3.17 bits per heavy atom. The van der Waals surface area contributed by atoms with E-state index in [0.717, 1.165) is 28.8 Å². The van der Waals surface area contributed by atoms with Crippen LogP contribution in [0.15, 0.2) is 23.6 Å². The second-order valence-electron chi connectivity index (χ2n) is 4.54. The first kappa shape index (κ1) is 10.5. The van der Waals surface area contributed by atoms with Gasteiger partial charge >= 0.3 is 0 Å². The van der Waals surface area contributed by atoms with Gasteiger partial charge in [-0.2, -0.15) is 0 Å². The van der Waals surface area contributed by atoms with Gasteiger partial charge in [-0.15, -0.1) is 11.3 Å². The Kier molecular flexibility index (Phi) is 2.19. The van der Waals surface area contributed by atoms with Crippen LogP contribution in [-0.4, -0.2) is 14.6 Å². The summed E-state index contributed by atoms with van der Waals surface area (Å²) in [6, 6.07) is 6.24. The highest BCUT2D eigenvalue weighted by molar-refractivity contribution is 7.71. The number of aromatic amines is 1. The third kappa shape index (κ3) is 1.41. The minimum Gasteiger partial charge on any atom is -0.290 e. The molecule has 3 heterocycles. The van der Waals surface area contributed by atoms with E-state index in [1.54, 1.807) is 11.3 Å². The summed E-state index contributed by atoms with van der Waals surface area (Å²) < 4.78 is 2.84. The number of aryl methyl sites for hydroxylation is 1. The minimum absolute atomic E-state index is 0.898. The van der Waals surface area contributed by atoms with Crippen molar-refractivity contribution in [3.63, 3.8) is 0 Å². The van der Waals surface area contributed by atoms with Gasteiger partial charge in [-0.3, -0.25) is 5.10 Å². The van der Waals surface area contributed by atoms with Gasteiger partial charge in [-0.25, -0.2) is 9.50 Å². The van der Waals surface area contributed by atoms with Gasteiger partial charge in [-0.05, 0) is 30.7 Å². The molecule has 0 fully saturated rings. The predicted octanol–water partition coefficient (Wildman–Crippen LogP) is 3.61. The van der Waals surface area contributed by atoms with Crippen LogP contribution in [0, 0.1) is 4.64 Å². The molecule has 4 rings (SSSR count). The fraction of sp³-hybridized carbons (Fsp3) is 0.231. The Morgan fingerprint density at radius 2 is 2.33 bits per heavy atom. The van der Waals surface area contributed by atoms with Crippen LogP contribution in [0.2, 0.25) is 0 Å². The Hall–Kier alpha value is -1.46. The average Bonchev–Trinajstić information content (AvgIpc) is 3.08. The van der Waals surface area contributed by atoms with Crippen molar-refractivity contribution >= 4 is 29.2 Å². The van der Waals surface area contributed by atoms with Gasteiger partial charge < -0.3 is 0 Å². The predicted molar refractivity (Wildman–Crippen MR) is 75.7 cm³/mol. The minimum atomic E-state index is 0.898. The number of hydrogen-bond donors (Lipinski definition) is 1. The number of thiophene rings is 1. The van der Waals surface area contributed by atoms with Crippen molar-refractivity contribution in [3.8, 4) is 10.6 Å². The monoisotopic (exact) mass is 273 g/mol. The maximum Gasteiger partial charge on any atom is 0.155 e. The molecule has 0 spiro atoms. The molecule has 18 heavy (non-hydrogen) atoms. The van der Waals surface area contributed by atoms with Crippen molar-refractivity contribution in [3.05, 3.63) is 39.5 Å². The van der Waals surface area contributed by atoms with Crippen molar-refractivity contribution in [2.24, 2.45) is 0 Å². The lowest BCUT2D eigenvalue weighted by Crippen LogP contribution is -1.98. The second kappa shape index (κ2) is 3.76. The van der Waals surface area contributed by atoms with Crippen molar-refractivity contribution in [1.29, 1.82) is 0 Å². The summed E-state index contributed by atoms with van der Waals surface area (Å²) >= 11 is 7.28. The van der Waals surface area contributed by atoms with Crippen molar-refractivity contribution < 1.29 is 0 Å². The average molecular weight is 273 g/mol. The maximum atomic E-state index is 5.56. The number of H-pyrrole nitrogens is 1. The largest absolute Gasteiger partial charge is 0.290 e. The van der Waals surface area contributed by atoms with E-state index in [9.17, 15) is 0 Å². The van der Waals surface area contributed by atoms with Gasteiger partial charge in [0.2, 0.25) is 0 Å². The summed E-state index contributed by atoms with van der Waals surface area (Å²) in [5, 5.41) is 5.43. The van der Waals surface area contributed by atoms with Crippen LogP contribution in [0.1, 0.15) is 17.7 Å². The molecule has 3 aromatic heterocycles. The van der Waals surface area contributed by atoms with E-state index < -0.39 is 0 Å². The number of nitrogens with one attached hydrogen (secondary N) is 1. The zero-order valence-corrected chi connectivity index (χ0v) is 11.3. The molecular weight excluding hydrogens is 262 g/mol. The van der Waals surface area contributed by atoms with Crippen LogP contribution in [0.5, 0.6) is 0 Å². The Labute approximate surface area is 113 Å². The molecule has 1 aliphatic rings. The summed E-state index contributed by atoms with van der Waals surface area (Å²) in [6.45, 7) is 0. The Balaban J connectivity index is 2.02. The molecule has 0 unspecified atom stereocenters. The van der Waals surface area contributed by atoms with Gasteiger partial charge in [0.05, 0.1) is 10.6 Å². The second-order valence-corrected chi connectivity index (χ2v) is 5.87. The number of nitrogens with zero attached hydrogens (tertiary/aromatic N) is 2. The first-order valence-electron chi connectivity index (χ1n) is 6.00. The summed E-state index contributed by atoms with van der Waals surface area (Å²) in [5.74, 6) is 0. The molecule has 0 atom stereocenters. The van der Waals surface area contributed by atoms with Crippen molar-refractivity contribution in [2.75, 3.05) is 0 Å². The standard InChI is InChI=1S/C13H11N3S2/c17-13-8-3-1-4-9(8)14-12-7-10(15-16(12)13)11-5-2-6-18-11/h2,5-7,15H,1,3-4H2. The molecule has 0 amide bonds. The fourth-order valence-corrected chi connectivity index (χ4v) is 3.61. The molecule has 0 radical (unpaired) electrons. The van der Waals surface area contributed by atoms with E-state index in [1.807, 2.05) is 4.52 Å². The third-order valence-corrected chi connectivity index (χ3v) is 4.75. The van der Waals surface area contributed by atoms with E-state index in [1.165, 1.54) is 22.6 Å². The maximum absolute atomic E-state index is 5.56. The Morgan fingerprint density at radius 1 is 1.39 bits per heavy atom. The molecule has 90 valence electrons. The van der Waals surface area contributed by atoms with Gasteiger partial charge in [0.15, 0.2) is 5.65 Å². The molecule has 0 saturated carbocycles. The van der Waals surface area contributed by atoms with Crippen molar-refractivity contribution in [2.45, 2.75) is 19.3 Å². The van der Waals surface area contributed by atoms with E-state index in [2.05, 4.69) is 28.7 Å². The fourth-order valence-electron chi connectivity index (χ4n) is 2.55. The highest BCUT2D eigenvalue weighted by Crippen LogP contribution is 2.27. The molecular formula is C13H11N3S2. The number of hydrogen-bond acceptors (Lipinski definition) is 3. The normalized spacial score (nSPS) is 14.2. The number of fused-ring (bicyclic) bond motifs is 2. The zero-order valence-electron chi connectivity index (χ0n) is 9.64. The van der Waals surface area contributed by atoms with Crippen molar-refractivity contribution in [1.82, 2.24) is 14.6 Å². The van der Waals surface area contributed by atoms with Crippen LogP contribution in [-0.2, 0) is 12.8 Å². The SMILES string of the molecule is S=c1c2c(nc3cc(-c4cccs4)[nH]n13)CCC2. The first-order chi connectivity index (χ1) is 8.83. The van der Waals surface area contributed by atoms with E-state index in [0.29, 0.717) is 0 Å². The van der Waals surface area contributed by atoms with E-state index in [-0.39, 0.29) is 0 Å². The Bertz CT molecular complexity index is 781. The quantitative estimate of drug-likeness (QED) is 0.687. The van der Waals surface area contributed by atoms with Crippen LogP contribution in [0.4, 0.5) is 0 Å². The smallest absolute Gasteiger partial charge is 0.155 e. The van der Waals surface area contributed by atoms with Gasteiger partial charge in [-0.1, -0.05) is 18.3 Å². The number of rotatable bonds is 1. The molecule has 3 nitrogen and oxygen atoms in total. The van der Waals surface area contributed by atoms with Gasteiger partial charge in [0.1, 0.15) is 4.64 Å².